The summed E-state index contributed by atoms with van der Waals surface area (Å²) in [4.78, 5) is 12.7. The third-order valence-corrected chi connectivity index (χ3v) is 6.59. The summed E-state index contributed by atoms with van der Waals surface area (Å²) in [6.07, 6.45) is 1.80. The molecule has 0 bridgehead atoms. The summed E-state index contributed by atoms with van der Waals surface area (Å²) in [5.41, 5.74) is 1.79. The second-order valence-electron chi connectivity index (χ2n) is 6.37. The fourth-order valence-corrected chi connectivity index (χ4v) is 4.42. The second-order valence-corrected chi connectivity index (χ2v) is 8.54. The first kappa shape index (κ1) is 19.7. The molecule has 1 aromatic heterocycles. The van der Waals surface area contributed by atoms with E-state index >= 15 is 0 Å². The fraction of sp³-hybridized carbons (Fsp3) is 0.375. The number of hydrogen-bond donors (Lipinski definition) is 2. The van der Waals surface area contributed by atoms with Crippen LogP contribution in [0.5, 0.6) is 0 Å². The Kier molecular flexibility index (Phi) is 5.26. The van der Waals surface area contributed by atoms with Crippen molar-refractivity contribution >= 4 is 33.4 Å². The van der Waals surface area contributed by atoms with Gasteiger partial charge in [0.2, 0.25) is 5.91 Å². The highest BCUT2D eigenvalue weighted by Gasteiger charge is 2.41. The van der Waals surface area contributed by atoms with E-state index in [1.54, 1.807) is 17.9 Å². The molecule has 11 heteroatoms. The van der Waals surface area contributed by atoms with Crippen LogP contribution in [0.15, 0.2) is 24.4 Å². The van der Waals surface area contributed by atoms with Crippen molar-refractivity contribution in [2.75, 3.05) is 12.4 Å². The van der Waals surface area contributed by atoms with Gasteiger partial charge in [0, 0.05) is 31.0 Å². The molecular formula is C16H19ClFN5O3S. The topological polar surface area (TPSA) is 96.3 Å². The van der Waals surface area contributed by atoms with Crippen molar-refractivity contribution in [1.82, 2.24) is 18.8 Å². The quantitative estimate of drug-likeness (QED) is 0.798. The van der Waals surface area contributed by atoms with Crippen LogP contribution in [0.2, 0.25) is 5.02 Å². The van der Waals surface area contributed by atoms with Crippen LogP contribution in [0.1, 0.15) is 23.7 Å². The first-order valence-electron chi connectivity index (χ1n) is 8.10. The molecule has 0 unspecified atom stereocenters. The van der Waals surface area contributed by atoms with Gasteiger partial charge in [-0.1, -0.05) is 11.6 Å². The first-order valence-corrected chi connectivity index (χ1v) is 9.91. The predicted octanol–water partition coefficient (Wildman–Crippen LogP) is 1.74. The Morgan fingerprint density at radius 1 is 1.41 bits per heavy atom. The summed E-state index contributed by atoms with van der Waals surface area (Å²) in [5, 5.41) is 6.59. The van der Waals surface area contributed by atoms with Crippen LogP contribution in [-0.2, 0) is 22.1 Å². The van der Waals surface area contributed by atoms with Gasteiger partial charge in [0.1, 0.15) is 11.9 Å². The largest absolute Gasteiger partial charge is 0.325 e. The van der Waals surface area contributed by atoms with E-state index in [1.165, 1.54) is 19.2 Å². The van der Waals surface area contributed by atoms with E-state index in [0.29, 0.717) is 5.56 Å². The van der Waals surface area contributed by atoms with Crippen molar-refractivity contribution in [2.24, 2.45) is 7.05 Å². The van der Waals surface area contributed by atoms with Gasteiger partial charge in [-0.05, 0) is 31.5 Å². The number of amides is 1. The predicted molar refractivity (Wildman–Crippen MR) is 98.9 cm³/mol. The third-order valence-electron chi connectivity index (χ3n) is 4.71. The molecular weight excluding hydrogens is 397 g/mol. The molecule has 2 atom stereocenters. The van der Waals surface area contributed by atoms with Crippen molar-refractivity contribution in [2.45, 2.75) is 25.4 Å². The molecule has 2 N–H and O–H groups in total. The number of nitrogens with one attached hydrogen (secondary N) is 2. The minimum Gasteiger partial charge on any atom is -0.325 e. The van der Waals surface area contributed by atoms with Crippen molar-refractivity contribution in [3.05, 3.63) is 46.5 Å². The smallest absolute Gasteiger partial charge is 0.280 e. The maximum absolute atomic E-state index is 13.3. The van der Waals surface area contributed by atoms with Gasteiger partial charge in [-0.3, -0.25) is 9.48 Å². The van der Waals surface area contributed by atoms with Gasteiger partial charge in [-0.25, -0.2) is 4.39 Å². The Hall–Kier alpha value is -2.01. The van der Waals surface area contributed by atoms with Crippen LogP contribution in [0.3, 0.4) is 0 Å². The van der Waals surface area contributed by atoms with Crippen molar-refractivity contribution in [3.8, 4) is 0 Å². The minimum atomic E-state index is -3.87. The number of carbonyl (C=O) groups excluding carboxylic acids is 1. The van der Waals surface area contributed by atoms with Gasteiger partial charge in [-0.2, -0.15) is 22.5 Å². The van der Waals surface area contributed by atoms with Gasteiger partial charge < -0.3 is 5.32 Å². The molecule has 1 fully saturated rings. The van der Waals surface area contributed by atoms with Gasteiger partial charge >= 0.3 is 0 Å². The molecule has 1 amide bonds. The van der Waals surface area contributed by atoms with Crippen LogP contribution in [0.4, 0.5) is 10.1 Å². The average Bonchev–Trinajstić information content (AvgIpc) is 2.92. The monoisotopic (exact) mass is 415 g/mol. The standard InChI is InChI=1S/C16H19ClFN5O3S/c1-9-11(8-19-22(9)2)14-7-15(23(3)27(25,26)21-14)16(24)20-10-4-5-13(18)12(17)6-10/h4-6,8,14-15,21H,7H2,1-3H3,(H,20,24)/t14-,15-/m1/s1. The average molecular weight is 416 g/mol. The second kappa shape index (κ2) is 7.19. The van der Waals surface area contributed by atoms with E-state index in [1.807, 2.05) is 6.92 Å². The molecule has 2 heterocycles. The summed E-state index contributed by atoms with van der Waals surface area (Å²) in [7, 11) is -0.784. The Morgan fingerprint density at radius 3 is 2.70 bits per heavy atom. The SMILES string of the molecule is Cc1c([C@H]2C[C@H](C(=O)Nc3ccc(F)c(Cl)c3)N(C)S(=O)(=O)N2)cnn1C. The highest BCUT2D eigenvalue weighted by atomic mass is 35.5. The number of likely N-dealkylation sites (N-methyl/N-ethyl adjacent to an activating group) is 1. The highest BCUT2D eigenvalue weighted by molar-refractivity contribution is 7.87. The molecule has 27 heavy (non-hydrogen) atoms. The third kappa shape index (κ3) is 3.84. The number of rotatable bonds is 3. The van der Waals surface area contributed by atoms with Crippen LogP contribution in [0, 0.1) is 12.7 Å². The number of carbonyl (C=O) groups is 1. The zero-order chi connectivity index (χ0) is 19.9. The molecule has 1 aliphatic heterocycles. The molecule has 0 spiro atoms. The summed E-state index contributed by atoms with van der Waals surface area (Å²) < 4.78 is 43.4. The molecule has 8 nitrogen and oxygen atoms in total. The lowest BCUT2D eigenvalue weighted by Crippen LogP contribution is -2.56. The molecule has 2 aromatic rings. The molecule has 0 aliphatic carbocycles. The van der Waals surface area contributed by atoms with E-state index in [0.717, 1.165) is 16.1 Å². The lowest BCUT2D eigenvalue weighted by atomic mass is 10.00. The number of anilines is 1. The van der Waals surface area contributed by atoms with Crippen LogP contribution < -0.4 is 10.0 Å². The summed E-state index contributed by atoms with van der Waals surface area (Å²) >= 11 is 5.73. The molecule has 1 saturated heterocycles. The van der Waals surface area contributed by atoms with Crippen molar-refractivity contribution in [3.63, 3.8) is 0 Å². The number of halogens is 2. The van der Waals surface area contributed by atoms with E-state index in [2.05, 4.69) is 15.1 Å². The van der Waals surface area contributed by atoms with E-state index in [9.17, 15) is 17.6 Å². The van der Waals surface area contributed by atoms with Crippen LogP contribution in [-0.4, -0.2) is 41.5 Å². The number of benzene rings is 1. The molecule has 0 saturated carbocycles. The summed E-state index contributed by atoms with van der Waals surface area (Å²) in [6.45, 7) is 1.82. The van der Waals surface area contributed by atoms with Crippen molar-refractivity contribution < 1.29 is 17.6 Å². The van der Waals surface area contributed by atoms with Gasteiger partial charge in [-0.15, -0.1) is 0 Å². The Balaban J connectivity index is 1.86. The molecule has 1 aliphatic rings. The molecule has 146 valence electrons. The van der Waals surface area contributed by atoms with Crippen LogP contribution in [0.25, 0.3) is 0 Å². The lowest BCUT2D eigenvalue weighted by molar-refractivity contribution is -0.120. The summed E-state index contributed by atoms with van der Waals surface area (Å²) in [6, 6.07) is 2.21. The Labute approximate surface area is 161 Å². The maximum Gasteiger partial charge on any atom is 0.280 e. The lowest BCUT2D eigenvalue weighted by Gasteiger charge is -2.36. The first-order chi connectivity index (χ1) is 12.6. The number of aromatic nitrogens is 2. The number of aryl methyl sites for hydroxylation is 1. The number of nitrogens with zero attached hydrogens (tertiary/aromatic N) is 3. The normalized spacial score (nSPS) is 22.6. The minimum absolute atomic E-state index is 0.136. The Bertz CT molecular complexity index is 994. The van der Waals surface area contributed by atoms with Gasteiger partial charge in [0.25, 0.3) is 10.2 Å². The molecule has 3 rings (SSSR count). The zero-order valence-electron chi connectivity index (χ0n) is 14.9. The van der Waals surface area contributed by atoms with E-state index in [4.69, 9.17) is 11.6 Å². The highest BCUT2D eigenvalue weighted by Crippen LogP contribution is 2.30. The molecule has 1 aromatic carbocycles. The van der Waals surface area contributed by atoms with E-state index < -0.39 is 34.0 Å². The van der Waals surface area contributed by atoms with Crippen LogP contribution >= 0.6 is 11.6 Å². The number of hydrogen-bond acceptors (Lipinski definition) is 4. The van der Waals surface area contributed by atoms with Crippen molar-refractivity contribution in [1.29, 1.82) is 0 Å². The summed E-state index contributed by atoms with van der Waals surface area (Å²) in [5.74, 6) is -1.14. The maximum atomic E-state index is 13.3. The zero-order valence-corrected chi connectivity index (χ0v) is 16.5. The fourth-order valence-electron chi connectivity index (χ4n) is 2.97. The van der Waals surface area contributed by atoms with Gasteiger partial charge in [0.05, 0.1) is 17.3 Å². The molecule has 0 radical (unpaired) electrons. The Morgan fingerprint density at radius 2 is 2.11 bits per heavy atom. The van der Waals surface area contributed by atoms with Gasteiger partial charge in [0.15, 0.2) is 0 Å². The van der Waals surface area contributed by atoms with E-state index in [-0.39, 0.29) is 17.1 Å².